The van der Waals surface area contributed by atoms with E-state index in [0.29, 0.717) is 23.5 Å². The predicted octanol–water partition coefficient (Wildman–Crippen LogP) is 2.95. The largest absolute Gasteiger partial charge is 0.478 e. The van der Waals surface area contributed by atoms with Gasteiger partial charge in [-0.15, -0.1) is 0 Å². The molecule has 4 aliphatic rings. The van der Waals surface area contributed by atoms with Gasteiger partial charge in [0, 0.05) is 6.04 Å². The SMILES string of the molecule is Cc1ccc(OC(C)(C)C(=O)NC2C3CC4CC(C3)CC2(C(N)=O)C4)cc1. The van der Waals surface area contributed by atoms with Crippen LogP contribution in [0.5, 0.6) is 5.75 Å². The van der Waals surface area contributed by atoms with Gasteiger partial charge in [-0.3, -0.25) is 9.59 Å². The summed E-state index contributed by atoms with van der Waals surface area (Å²) < 4.78 is 5.98. The number of rotatable bonds is 5. The molecule has 146 valence electrons. The molecular weight excluding hydrogens is 340 g/mol. The number of aryl methyl sites for hydroxylation is 1. The van der Waals surface area contributed by atoms with E-state index >= 15 is 0 Å². The van der Waals surface area contributed by atoms with Gasteiger partial charge in [-0.2, -0.15) is 0 Å². The number of ether oxygens (including phenoxy) is 1. The van der Waals surface area contributed by atoms with Gasteiger partial charge in [-0.05, 0) is 82.8 Å². The third kappa shape index (κ3) is 3.11. The molecule has 4 saturated carbocycles. The maximum atomic E-state index is 13.1. The van der Waals surface area contributed by atoms with Crippen LogP contribution >= 0.6 is 0 Å². The van der Waals surface area contributed by atoms with E-state index in [2.05, 4.69) is 5.32 Å². The van der Waals surface area contributed by atoms with Crippen molar-refractivity contribution in [2.45, 2.75) is 64.5 Å². The first-order chi connectivity index (χ1) is 12.7. The fourth-order valence-electron chi connectivity index (χ4n) is 5.91. The van der Waals surface area contributed by atoms with Crippen molar-refractivity contribution in [2.75, 3.05) is 0 Å². The van der Waals surface area contributed by atoms with Crippen LogP contribution in [-0.2, 0) is 9.59 Å². The minimum absolute atomic E-state index is 0.170. The standard InChI is InChI=1S/C22H30N2O3/c1-13-4-6-17(7-5-13)27-21(2,3)20(26)24-18-16-9-14-8-15(10-16)12-22(18,11-14)19(23)25/h4-7,14-16,18H,8-12H2,1-3H3,(H2,23,25)(H,24,26). The summed E-state index contributed by atoms with van der Waals surface area (Å²) in [6, 6.07) is 7.50. The van der Waals surface area contributed by atoms with Gasteiger partial charge >= 0.3 is 0 Å². The second-order valence-electron chi connectivity index (χ2n) is 9.50. The zero-order chi connectivity index (χ0) is 19.4. The van der Waals surface area contributed by atoms with Crippen molar-refractivity contribution in [1.29, 1.82) is 0 Å². The molecule has 4 aliphatic carbocycles. The van der Waals surface area contributed by atoms with E-state index in [4.69, 9.17) is 10.5 Å². The van der Waals surface area contributed by atoms with E-state index in [1.54, 1.807) is 13.8 Å². The summed E-state index contributed by atoms with van der Waals surface area (Å²) in [6.45, 7) is 5.56. The van der Waals surface area contributed by atoms with Gasteiger partial charge in [0.15, 0.2) is 5.60 Å². The molecule has 2 amide bonds. The molecule has 0 saturated heterocycles. The molecule has 0 spiro atoms. The van der Waals surface area contributed by atoms with Gasteiger partial charge in [0.25, 0.3) is 5.91 Å². The summed E-state index contributed by atoms with van der Waals surface area (Å²) in [4.78, 5) is 25.6. The van der Waals surface area contributed by atoms with E-state index < -0.39 is 11.0 Å². The first kappa shape index (κ1) is 18.3. The highest BCUT2D eigenvalue weighted by Gasteiger charge is 2.60. The number of amides is 2. The van der Waals surface area contributed by atoms with Crippen molar-refractivity contribution in [3.8, 4) is 5.75 Å². The highest BCUT2D eigenvalue weighted by Crippen LogP contribution is 2.60. The van der Waals surface area contributed by atoms with Gasteiger partial charge in [0.05, 0.1) is 5.41 Å². The second kappa shape index (κ2) is 6.25. The minimum atomic E-state index is -1.03. The van der Waals surface area contributed by atoms with Crippen LogP contribution in [0.4, 0.5) is 0 Å². The van der Waals surface area contributed by atoms with Gasteiger partial charge in [-0.1, -0.05) is 17.7 Å². The Bertz CT molecular complexity index is 741. The second-order valence-corrected chi connectivity index (χ2v) is 9.50. The number of primary amides is 1. The Hall–Kier alpha value is -2.04. The van der Waals surface area contributed by atoms with Crippen molar-refractivity contribution in [3.63, 3.8) is 0 Å². The summed E-state index contributed by atoms with van der Waals surface area (Å²) in [5.74, 6) is 1.75. The zero-order valence-electron chi connectivity index (χ0n) is 16.5. The molecule has 3 atom stereocenters. The Kier molecular flexibility index (Phi) is 4.24. The number of hydrogen-bond acceptors (Lipinski definition) is 3. The molecule has 1 aromatic rings. The number of nitrogens with one attached hydrogen (secondary N) is 1. The number of hydrogen-bond donors (Lipinski definition) is 2. The molecule has 1 aromatic carbocycles. The number of benzene rings is 1. The van der Waals surface area contributed by atoms with Crippen LogP contribution in [0.3, 0.4) is 0 Å². The van der Waals surface area contributed by atoms with Gasteiger partial charge in [0.2, 0.25) is 5.91 Å². The Morgan fingerprint density at radius 1 is 1.11 bits per heavy atom. The molecule has 5 heteroatoms. The topological polar surface area (TPSA) is 81.4 Å². The smallest absolute Gasteiger partial charge is 0.263 e. The quantitative estimate of drug-likeness (QED) is 0.836. The minimum Gasteiger partial charge on any atom is -0.478 e. The number of carbonyl (C=O) groups is 2. The predicted molar refractivity (Wildman–Crippen MR) is 103 cm³/mol. The lowest BCUT2D eigenvalue weighted by Gasteiger charge is -2.59. The average Bonchev–Trinajstić information content (AvgIpc) is 2.59. The number of nitrogens with two attached hydrogens (primary N) is 1. The summed E-state index contributed by atoms with van der Waals surface area (Å²) in [5.41, 5.74) is 5.42. The van der Waals surface area contributed by atoms with Crippen molar-refractivity contribution in [2.24, 2.45) is 28.9 Å². The van der Waals surface area contributed by atoms with Crippen LogP contribution in [0, 0.1) is 30.1 Å². The highest BCUT2D eigenvalue weighted by molar-refractivity contribution is 5.87. The molecule has 0 aromatic heterocycles. The van der Waals surface area contributed by atoms with Crippen molar-refractivity contribution < 1.29 is 14.3 Å². The molecule has 27 heavy (non-hydrogen) atoms. The molecule has 4 bridgehead atoms. The summed E-state index contributed by atoms with van der Waals surface area (Å²) in [5, 5.41) is 3.19. The monoisotopic (exact) mass is 370 g/mol. The average molecular weight is 370 g/mol. The Morgan fingerprint density at radius 2 is 1.70 bits per heavy atom. The lowest BCUT2D eigenvalue weighted by molar-refractivity contribution is -0.154. The molecular formula is C22H30N2O3. The summed E-state index contributed by atoms with van der Waals surface area (Å²) in [6.07, 6.45) is 5.04. The molecule has 5 rings (SSSR count). The van der Waals surface area contributed by atoms with Gasteiger partial charge in [-0.25, -0.2) is 0 Å². The van der Waals surface area contributed by atoms with E-state index in [9.17, 15) is 9.59 Å². The summed E-state index contributed by atoms with van der Waals surface area (Å²) >= 11 is 0. The fourth-order valence-corrected chi connectivity index (χ4v) is 5.91. The molecule has 0 radical (unpaired) electrons. The Labute approximate surface area is 161 Å². The van der Waals surface area contributed by atoms with Crippen molar-refractivity contribution >= 4 is 11.8 Å². The lowest BCUT2D eigenvalue weighted by atomic mass is 9.47. The molecule has 4 fully saturated rings. The Morgan fingerprint density at radius 3 is 2.26 bits per heavy atom. The van der Waals surface area contributed by atoms with E-state index in [1.165, 1.54) is 6.42 Å². The van der Waals surface area contributed by atoms with Crippen molar-refractivity contribution in [1.82, 2.24) is 5.32 Å². The third-order valence-corrected chi connectivity index (χ3v) is 7.03. The van der Waals surface area contributed by atoms with Gasteiger partial charge in [0.1, 0.15) is 5.75 Å². The molecule has 0 heterocycles. The molecule has 3 N–H and O–H groups in total. The maximum absolute atomic E-state index is 13.1. The van der Waals surface area contributed by atoms with Crippen LogP contribution in [0.25, 0.3) is 0 Å². The molecule has 5 nitrogen and oxygen atoms in total. The van der Waals surface area contributed by atoms with E-state index in [0.717, 1.165) is 31.2 Å². The van der Waals surface area contributed by atoms with Crippen LogP contribution in [0.15, 0.2) is 24.3 Å². The van der Waals surface area contributed by atoms with Crippen LogP contribution in [0.1, 0.15) is 51.5 Å². The van der Waals surface area contributed by atoms with Crippen LogP contribution in [0.2, 0.25) is 0 Å². The number of carbonyl (C=O) groups excluding carboxylic acids is 2. The maximum Gasteiger partial charge on any atom is 0.263 e. The molecule has 3 unspecified atom stereocenters. The van der Waals surface area contributed by atoms with Crippen LogP contribution < -0.4 is 15.8 Å². The lowest BCUT2D eigenvalue weighted by Crippen LogP contribution is -2.68. The summed E-state index contributed by atoms with van der Waals surface area (Å²) in [7, 11) is 0. The normalized spacial score (nSPS) is 34.3. The van der Waals surface area contributed by atoms with Crippen molar-refractivity contribution in [3.05, 3.63) is 29.8 Å². The fraction of sp³-hybridized carbons (Fsp3) is 0.636. The van der Waals surface area contributed by atoms with Gasteiger partial charge < -0.3 is 15.8 Å². The molecule has 0 aliphatic heterocycles. The highest BCUT2D eigenvalue weighted by atomic mass is 16.5. The zero-order valence-corrected chi connectivity index (χ0v) is 16.5. The Balaban J connectivity index is 1.52. The van der Waals surface area contributed by atoms with E-state index in [1.807, 2.05) is 31.2 Å². The van der Waals surface area contributed by atoms with E-state index in [-0.39, 0.29) is 17.9 Å². The first-order valence-corrected chi connectivity index (χ1v) is 10.1. The third-order valence-electron chi connectivity index (χ3n) is 7.03. The first-order valence-electron chi connectivity index (χ1n) is 10.1. The van der Waals surface area contributed by atoms with Crippen LogP contribution in [-0.4, -0.2) is 23.5 Å².